The van der Waals surface area contributed by atoms with Crippen molar-refractivity contribution in [3.8, 4) is 0 Å². The lowest BCUT2D eigenvalue weighted by atomic mass is 10.2. The van der Waals surface area contributed by atoms with Gasteiger partial charge in [0.1, 0.15) is 0 Å². The SMILES string of the molecule is CC(C)OCCCCNCc1cc(Br)ccc1[N+](=O)[O-]. The summed E-state index contributed by atoms with van der Waals surface area (Å²) in [6.07, 6.45) is 2.26. The van der Waals surface area contributed by atoms with Crippen LogP contribution in [0.4, 0.5) is 5.69 Å². The molecule has 0 radical (unpaired) electrons. The normalized spacial score (nSPS) is 11.0. The average Bonchev–Trinajstić information content (AvgIpc) is 2.37. The molecule has 1 aromatic rings. The molecule has 1 aromatic carbocycles. The molecule has 0 amide bonds. The van der Waals surface area contributed by atoms with Crippen LogP contribution in [0.2, 0.25) is 0 Å². The lowest BCUT2D eigenvalue weighted by Crippen LogP contribution is -2.16. The molecule has 0 saturated heterocycles. The second-order valence-corrected chi connectivity index (χ2v) is 5.75. The smallest absolute Gasteiger partial charge is 0.273 e. The van der Waals surface area contributed by atoms with E-state index in [2.05, 4.69) is 21.2 Å². The van der Waals surface area contributed by atoms with Crippen LogP contribution in [0.3, 0.4) is 0 Å². The quantitative estimate of drug-likeness (QED) is 0.421. The molecular weight excluding hydrogens is 324 g/mol. The third kappa shape index (κ3) is 6.45. The zero-order chi connectivity index (χ0) is 15.0. The highest BCUT2D eigenvalue weighted by molar-refractivity contribution is 9.10. The van der Waals surface area contributed by atoms with Gasteiger partial charge in [0.05, 0.1) is 11.0 Å². The first-order valence-electron chi connectivity index (χ1n) is 6.76. The molecule has 6 heteroatoms. The topological polar surface area (TPSA) is 64.4 Å². The number of nitrogens with one attached hydrogen (secondary N) is 1. The Kier molecular flexibility index (Phi) is 7.72. The van der Waals surface area contributed by atoms with Crippen molar-refractivity contribution >= 4 is 21.6 Å². The van der Waals surface area contributed by atoms with Crippen LogP contribution in [0.5, 0.6) is 0 Å². The van der Waals surface area contributed by atoms with E-state index < -0.39 is 0 Å². The Balaban J connectivity index is 2.31. The van der Waals surface area contributed by atoms with Crippen molar-refractivity contribution in [1.29, 1.82) is 0 Å². The van der Waals surface area contributed by atoms with Gasteiger partial charge in [0.2, 0.25) is 0 Å². The van der Waals surface area contributed by atoms with Crippen molar-refractivity contribution in [2.45, 2.75) is 39.3 Å². The maximum absolute atomic E-state index is 10.9. The second-order valence-electron chi connectivity index (χ2n) is 4.83. The first-order chi connectivity index (χ1) is 9.50. The fourth-order valence-electron chi connectivity index (χ4n) is 1.77. The molecule has 0 heterocycles. The summed E-state index contributed by atoms with van der Waals surface area (Å²) in [4.78, 5) is 10.6. The molecule has 0 fully saturated rings. The van der Waals surface area contributed by atoms with E-state index in [1.165, 1.54) is 6.07 Å². The van der Waals surface area contributed by atoms with Gasteiger partial charge < -0.3 is 10.1 Å². The van der Waals surface area contributed by atoms with Crippen LogP contribution in [0.25, 0.3) is 0 Å². The summed E-state index contributed by atoms with van der Waals surface area (Å²) in [6.45, 7) is 6.12. The van der Waals surface area contributed by atoms with Gasteiger partial charge in [-0.1, -0.05) is 15.9 Å². The van der Waals surface area contributed by atoms with Crippen LogP contribution < -0.4 is 5.32 Å². The van der Waals surface area contributed by atoms with Gasteiger partial charge in [-0.25, -0.2) is 0 Å². The van der Waals surface area contributed by atoms with Gasteiger partial charge in [-0.15, -0.1) is 0 Å². The zero-order valence-corrected chi connectivity index (χ0v) is 13.5. The number of ether oxygens (including phenoxy) is 1. The maximum atomic E-state index is 10.9. The van der Waals surface area contributed by atoms with Gasteiger partial charge >= 0.3 is 0 Å². The Morgan fingerprint density at radius 3 is 2.80 bits per heavy atom. The molecule has 0 aliphatic heterocycles. The molecule has 0 bridgehead atoms. The van der Waals surface area contributed by atoms with E-state index in [0.29, 0.717) is 12.1 Å². The number of nitro benzene ring substituents is 1. The summed E-state index contributed by atoms with van der Waals surface area (Å²) in [5, 5.41) is 14.1. The van der Waals surface area contributed by atoms with Gasteiger partial charge in [0.15, 0.2) is 0 Å². The van der Waals surface area contributed by atoms with Gasteiger partial charge in [-0.3, -0.25) is 10.1 Å². The largest absolute Gasteiger partial charge is 0.379 e. The number of nitro groups is 1. The van der Waals surface area contributed by atoms with E-state index in [1.54, 1.807) is 12.1 Å². The van der Waals surface area contributed by atoms with E-state index in [-0.39, 0.29) is 16.7 Å². The summed E-state index contributed by atoms with van der Waals surface area (Å²) in [7, 11) is 0. The number of unbranched alkanes of at least 4 members (excludes halogenated alkanes) is 1. The van der Waals surface area contributed by atoms with Gasteiger partial charge in [-0.2, -0.15) is 0 Å². The van der Waals surface area contributed by atoms with Crippen molar-refractivity contribution in [3.63, 3.8) is 0 Å². The van der Waals surface area contributed by atoms with Gasteiger partial charge in [-0.05, 0) is 45.4 Å². The molecule has 0 saturated carbocycles. The van der Waals surface area contributed by atoms with Crippen LogP contribution in [0.15, 0.2) is 22.7 Å². The summed E-state index contributed by atoms with van der Waals surface area (Å²) >= 11 is 3.34. The lowest BCUT2D eigenvalue weighted by molar-refractivity contribution is -0.385. The van der Waals surface area contributed by atoms with Crippen molar-refractivity contribution in [3.05, 3.63) is 38.3 Å². The Bertz CT molecular complexity index is 438. The molecule has 1 N–H and O–H groups in total. The Hall–Kier alpha value is -0.980. The molecular formula is C14H21BrN2O3. The average molecular weight is 345 g/mol. The first-order valence-corrected chi connectivity index (χ1v) is 7.55. The van der Waals surface area contributed by atoms with Crippen LogP contribution in [-0.4, -0.2) is 24.2 Å². The molecule has 112 valence electrons. The Morgan fingerprint density at radius 2 is 2.15 bits per heavy atom. The van der Waals surface area contributed by atoms with E-state index in [4.69, 9.17) is 4.74 Å². The molecule has 0 aromatic heterocycles. The molecule has 20 heavy (non-hydrogen) atoms. The minimum atomic E-state index is -0.347. The van der Waals surface area contributed by atoms with E-state index in [0.717, 1.165) is 30.5 Å². The minimum absolute atomic E-state index is 0.156. The second kappa shape index (κ2) is 9.05. The van der Waals surface area contributed by atoms with Crippen LogP contribution in [-0.2, 0) is 11.3 Å². The fourth-order valence-corrected chi connectivity index (χ4v) is 2.18. The van der Waals surface area contributed by atoms with Gasteiger partial charge in [0, 0.05) is 29.3 Å². The predicted molar refractivity (Wildman–Crippen MR) is 82.8 cm³/mol. The van der Waals surface area contributed by atoms with Crippen LogP contribution in [0, 0.1) is 10.1 Å². The number of hydrogen-bond donors (Lipinski definition) is 1. The third-order valence-corrected chi connectivity index (χ3v) is 3.25. The molecule has 0 aliphatic rings. The zero-order valence-electron chi connectivity index (χ0n) is 11.9. The molecule has 1 rings (SSSR count). The summed E-state index contributed by atoms with van der Waals surface area (Å²) in [5.74, 6) is 0. The third-order valence-electron chi connectivity index (χ3n) is 2.75. The number of benzene rings is 1. The summed E-state index contributed by atoms with van der Waals surface area (Å²) < 4.78 is 6.30. The summed E-state index contributed by atoms with van der Waals surface area (Å²) in [5.41, 5.74) is 0.853. The molecule has 0 aliphatic carbocycles. The van der Waals surface area contributed by atoms with Crippen molar-refractivity contribution in [2.24, 2.45) is 0 Å². The molecule has 0 spiro atoms. The number of halogens is 1. The first kappa shape index (κ1) is 17.1. The highest BCUT2D eigenvalue weighted by Crippen LogP contribution is 2.22. The van der Waals surface area contributed by atoms with Crippen molar-refractivity contribution in [2.75, 3.05) is 13.2 Å². The van der Waals surface area contributed by atoms with Gasteiger partial charge in [0.25, 0.3) is 5.69 Å². The molecule has 5 nitrogen and oxygen atoms in total. The van der Waals surface area contributed by atoms with Crippen molar-refractivity contribution < 1.29 is 9.66 Å². The van der Waals surface area contributed by atoms with E-state index in [1.807, 2.05) is 13.8 Å². The fraction of sp³-hybridized carbons (Fsp3) is 0.571. The Labute approximate surface area is 128 Å². The minimum Gasteiger partial charge on any atom is -0.379 e. The van der Waals surface area contributed by atoms with Crippen LogP contribution in [0.1, 0.15) is 32.3 Å². The highest BCUT2D eigenvalue weighted by Gasteiger charge is 2.12. The lowest BCUT2D eigenvalue weighted by Gasteiger charge is -2.08. The predicted octanol–water partition coefficient (Wildman–Crippen LogP) is 3.65. The molecule has 0 atom stereocenters. The molecule has 0 unspecified atom stereocenters. The highest BCUT2D eigenvalue weighted by atomic mass is 79.9. The maximum Gasteiger partial charge on any atom is 0.273 e. The number of hydrogen-bond acceptors (Lipinski definition) is 4. The number of nitrogens with zero attached hydrogens (tertiary/aromatic N) is 1. The Morgan fingerprint density at radius 1 is 1.40 bits per heavy atom. The summed E-state index contributed by atoms with van der Waals surface area (Å²) in [6, 6.07) is 5.00. The monoisotopic (exact) mass is 344 g/mol. The van der Waals surface area contributed by atoms with E-state index in [9.17, 15) is 10.1 Å². The van der Waals surface area contributed by atoms with Crippen LogP contribution >= 0.6 is 15.9 Å². The van der Waals surface area contributed by atoms with Crippen molar-refractivity contribution in [1.82, 2.24) is 5.32 Å². The van der Waals surface area contributed by atoms with E-state index >= 15 is 0 Å². The number of rotatable bonds is 9. The standard InChI is InChI=1S/C14H21BrN2O3/c1-11(2)20-8-4-3-7-16-10-12-9-13(15)5-6-14(12)17(18)19/h5-6,9,11,16H,3-4,7-8,10H2,1-2H3.